The van der Waals surface area contributed by atoms with Crippen LogP contribution in [-0.2, 0) is 6.54 Å². The van der Waals surface area contributed by atoms with Crippen LogP contribution in [0.25, 0.3) is 0 Å². The van der Waals surface area contributed by atoms with Crippen molar-refractivity contribution < 1.29 is 4.74 Å². The highest BCUT2D eigenvalue weighted by Crippen LogP contribution is 2.14. The smallest absolute Gasteiger partial charge is 0.191 e. The number of aliphatic imine (C=N–C) groups is 1. The Bertz CT molecular complexity index is 447. The molecule has 0 aromatic heterocycles. The number of nitrogens with one attached hydrogen (secondary N) is 2. The third kappa shape index (κ3) is 6.45. The van der Waals surface area contributed by atoms with Crippen LogP contribution in [0.1, 0.15) is 40.2 Å². The van der Waals surface area contributed by atoms with Crippen molar-refractivity contribution in [2.45, 2.75) is 52.8 Å². The van der Waals surface area contributed by atoms with Crippen molar-refractivity contribution in [2.75, 3.05) is 7.05 Å². The van der Waals surface area contributed by atoms with Crippen molar-refractivity contribution in [3.05, 3.63) is 29.8 Å². The molecule has 0 saturated carbocycles. The number of hydrogen-bond acceptors (Lipinski definition) is 2. The van der Waals surface area contributed by atoms with Gasteiger partial charge < -0.3 is 15.4 Å². The van der Waals surface area contributed by atoms with E-state index in [1.807, 2.05) is 26.0 Å². The molecular weight excluding hydrogens is 250 g/mol. The lowest BCUT2D eigenvalue weighted by Crippen LogP contribution is -2.47. The quantitative estimate of drug-likeness (QED) is 0.657. The van der Waals surface area contributed by atoms with Crippen LogP contribution in [0.3, 0.4) is 0 Å². The average Bonchev–Trinajstić information content (AvgIpc) is 2.32. The molecule has 0 heterocycles. The molecule has 0 radical (unpaired) electrons. The fourth-order valence-electron chi connectivity index (χ4n) is 1.72. The summed E-state index contributed by atoms with van der Waals surface area (Å²) in [6.07, 6.45) is 0.188. The van der Waals surface area contributed by atoms with Gasteiger partial charge in [-0.25, -0.2) is 0 Å². The van der Waals surface area contributed by atoms with Gasteiger partial charge >= 0.3 is 0 Å². The second kappa shape index (κ2) is 7.17. The van der Waals surface area contributed by atoms with Crippen molar-refractivity contribution >= 4 is 5.96 Å². The van der Waals surface area contributed by atoms with Gasteiger partial charge in [0.25, 0.3) is 0 Å². The first kappa shape index (κ1) is 16.3. The maximum Gasteiger partial charge on any atom is 0.191 e. The molecule has 0 atom stereocenters. The van der Waals surface area contributed by atoms with Crippen LogP contribution in [0, 0.1) is 0 Å². The second-order valence-electron chi connectivity index (χ2n) is 6.11. The minimum atomic E-state index is -0.00948. The van der Waals surface area contributed by atoms with E-state index < -0.39 is 0 Å². The fourth-order valence-corrected chi connectivity index (χ4v) is 1.72. The van der Waals surface area contributed by atoms with Crippen molar-refractivity contribution in [1.29, 1.82) is 0 Å². The summed E-state index contributed by atoms with van der Waals surface area (Å²) in [6.45, 7) is 11.1. The van der Waals surface area contributed by atoms with Gasteiger partial charge in [-0.3, -0.25) is 4.99 Å². The monoisotopic (exact) mass is 277 g/mol. The first-order chi connectivity index (χ1) is 9.30. The number of rotatable bonds is 4. The van der Waals surface area contributed by atoms with Crippen LogP contribution in [0.2, 0.25) is 0 Å². The molecule has 0 aliphatic heterocycles. The zero-order chi connectivity index (χ0) is 15.2. The van der Waals surface area contributed by atoms with Gasteiger partial charge in [0.1, 0.15) is 5.75 Å². The molecule has 1 rings (SSSR count). The number of nitrogens with zero attached hydrogens (tertiary/aromatic N) is 1. The Morgan fingerprint density at radius 2 is 2.00 bits per heavy atom. The van der Waals surface area contributed by atoms with Gasteiger partial charge in [0.15, 0.2) is 5.96 Å². The summed E-state index contributed by atoms with van der Waals surface area (Å²) in [7, 11) is 1.78. The third-order valence-electron chi connectivity index (χ3n) is 2.45. The van der Waals surface area contributed by atoms with E-state index in [0.29, 0.717) is 6.54 Å². The summed E-state index contributed by atoms with van der Waals surface area (Å²) in [5.41, 5.74) is 1.16. The molecule has 1 aromatic carbocycles. The molecule has 0 unspecified atom stereocenters. The lowest BCUT2D eigenvalue weighted by atomic mass is 10.1. The van der Waals surface area contributed by atoms with Gasteiger partial charge in [-0.1, -0.05) is 12.1 Å². The summed E-state index contributed by atoms with van der Waals surface area (Å²) in [5.74, 6) is 1.70. The van der Waals surface area contributed by atoms with Crippen LogP contribution in [-0.4, -0.2) is 24.7 Å². The van der Waals surface area contributed by atoms with Gasteiger partial charge in [0.05, 0.1) is 6.10 Å². The Balaban J connectivity index is 2.60. The fraction of sp³-hybridized carbons (Fsp3) is 0.562. The Morgan fingerprint density at radius 1 is 1.30 bits per heavy atom. The number of benzene rings is 1. The van der Waals surface area contributed by atoms with E-state index in [2.05, 4.69) is 48.5 Å². The standard InChI is InChI=1S/C16H27N3O/c1-12(2)20-14-9-7-8-13(10-14)11-18-15(17-6)19-16(3,4)5/h7-10,12H,11H2,1-6H3,(H2,17,18,19). The summed E-state index contributed by atoms with van der Waals surface area (Å²) >= 11 is 0. The molecule has 0 aliphatic carbocycles. The molecule has 0 saturated heterocycles. The number of hydrogen-bond donors (Lipinski definition) is 2. The average molecular weight is 277 g/mol. The molecule has 0 amide bonds. The second-order valence-corrected chi connectivity index (χ2v) is 6.11. The normalized spacial score (nSPS) is 12.4. The molecule has 112 valence electrons. The van der Waals surface area contributed by atoms with Gasteiger partial charge in [0, 0.05) is 19.1 Å². The van der Waals surface area contributed by atoms with Crippen molar-refractivity contribution in [3.63, 3.8) is 0 Å². The van der Waals surface area contributed by atoms with Gasteiger partial charge in [-0.15, -0.1) is 0 Å². The molecule has 1 aromatic rings. The van der Waals surface area contributed by atoms with E-state index in [1.165, 1.54) is 5.56 Å². The van der Waals surface area contributed by atoms with E-state index in [1.54, 1.807) is 7.05 Å². The minimum Gasteiger partial charge on any atom is -0.491 e. The summed E-state index contributed by atoms with van der Waals surface area (Å²) < 4.78 is 5.69. The van der Waals surface area contributed by atoms with Crippen molar-refractivity contribution in [3.8, 4) is 5.75 Å². The Kier molecular flexibility index (Phi) is 5.86. The number of ether oxygens (including phenoxy) is 1. The summed E-state index contributed by atoms with van der Waals surface area (Å²) in [6, 6.07) is 8.11. The van der Waals surface area contributed by atoms with Gasteiger partial charge in [0.2, 0.25) is 0 Å². The van der Waals surface area contributed by atoms with Crippen LogP contribution in [0.5, 0.6) is 5.75 Å². The molecule has 4 nitrogen and oxygen atoms in total. The third-order valence-corrected chi connectivity index (χ3v) is 2.45. The van der Waals surface area contributed by atoms with E-state index in [9.17, 15) is 0 Å². The topological polar surface area (TPSA) is 45.7 Å². The molecule has 0 aliphatic rings. The van der Waals surface area contributed by atoms with Crippen LogP contribution in [0.4, 0.5) is 0 Å². The zero-order valence-corrected chi connectivity index (χ0v) is 13.4. The lowest BCUT2D eigenvalue weighted by Gasteiger charge is -2.23. The molecule has 0 fully saturated rings. The Labute approximate surface area is 122 Å². The first-order valence-electron chi connectivity index (χ1n) is 7.04. The predicted octanol–water partition coefficient (Wildman–Crippen LogP) is 2.94. The maximum atomic E-state index is 5.69. The van der Waals surface area contributed by atoms with E-state index >= 15 is 0 Å². The van der Waals surface area contributed by atoms with E-state index in [-0.39, 0.29) is 11.6 Å². The SMILES string of the molecule is CN=C(NCc1cccc(OC(C)C)c1)NC(C)(C)C. The van der Waals surface area contributed by atoms with E-state index in [4.69, 9.17) is 4.74 Å². The van der Waals surface area contributed by atoms with Crippen LogP contribution >= 0.6 is 0 Å². The summed E-state index contributed by atoms with van der Waals surface area (Å²) in [4.78, 5) is 4.22. The highest BCUT2D eigenvalue weighted by molar-refractivity contribution is 5.80. The maximum absolute atomic E-state index is 5.69. The van der Waals surface area contributed by atoms with E-state index in [0.717, 1.165) is 11.7 Å². The molecule has 0 spiro atoms. The molecule has 4 heteroatoms. The van der Waals surface area contributed by atoms with Crippen molar-refractivity contribution in [1.82, 2.24) is 10.6 Å². The molecule has 20 heavy (non-hydrogen) atoms. The largest absolute Gasteiger partial charge is 0.491 e. The predicted molar refractivity (Wildman–Crippen MR) is 85.3 cm³/mol. The van der Waals surface area contributed by atoms with Crippen LogP contribution < -0.4 is 15.4 Å². The number of guanidine groups is 1. The molecule has 0 bridgehead atoms. The van der Waals surface area contributed by atoms with Crippen molar-refractivity contribution in [2.24, 2.45) is 4.99 Å². The summed E-state index contributed by atoms with van der Waals surface area (Å²) in [5, 5.41) is 6.64. The highest BCUT2D eigenvalue weighted by atomic mass is 16.5. The lowest BCUT2D eigenvalue weighted by molar-refractivity contribution is 0.242. The highest BCUT2D eigenvalue weighted by Gasteiger charge is 2.11. The molecule has 2 N–H and O–H groups in total. The van der Waals surface area contributed by atoms with Gasteiger partial charge in [-0.05, 0) is 52.3 Å². The first-order valence-corrected chi connectivity index (χ1v) is 7.04. The molecular formula is C16H27N3O. The van der Waals surface area contributed by atoms with Gasteiger partial charge in [-0.2, -0.15) is 0 Å². The zero-order valence-electron chi connectivity index (χ0n) is 13.4. The Morgan fingerprint density at radius 3 is 2.55 bits per heavy atom. The minimum absolute atomic E-state index is 0.00948. The van der Waals surface area contributed by atoms with Crippen LogP contribution in [0.15, 0.2) is 29.3 Å². The Hall–Kier alpha value is -1.71.